The molecule has 0 aliphatic carbocycles. The highest BCUT2D eigenvalue weighted by molar-refractivity contribution is 8.76. The number of hydrogen-bond donors (Lipinski definition) is 10. The summed E-state index contributed by atoms with van der Waals surface area (Å²) in [5, 5.41) is 92.9. The fourth-order valence-corrected chi connectivity index (χ4v) is 3.84. The smallest absolute Gasteiger partial charge is 0.111 e. The molecule has 10 nitrogen and oxygen atoms in total. The van der Waals surface area contributed by atoms with E-state index in [2.05, 4.69) is 0 Å². The van der Waals surface area contributed by atoms with Gasteiger partial charge in [0.1, 0.15) is 36.6 Å². The monoisotopic (exact) mass is 394 g/mol. The van der Waals surface area contributed by atoms with Crippen molar-refractivity contribution < 1.29 is 51.1 Å². The predicted octanol–water partition coefficient (Wildman–Crippen LogP) is -4.76. The van der Waals surface area contributed by atoms with Gasteiger partial charge in [-0.3, -0.25) is 0 Å². The number of aliphatic hydroxyl groups is 10. The van der Waals surface area contributed by atoms with Gasteiger partial charge in [0.15, 0.2) is 0 Å². The maximum absolute atomic E-state index is 9.65. The van der Waals surface area contributed by atoms with Gasteiger partial charge in [-0.05, 0) is 0 Å². The Kier molecular flexibility index (Phi) is 12.8. The molecule has 10 N–H and O–H groups in total. The molecular weight excluding hydrogens is 368 g/mol. The van der Waals surface area contributed by atoms with Crippen LogP contribution in [0, 0.1) is 0 Å². The standard InChI is InChI=1S/C12H26O10S2/c13-1-5(15)9(19)11(21)7(17)3-23-24-4-8(18)12(22)10(20)6(16)2-14/h5-22H,1-4H2/t5-,6-,7+,8+,9+,10+,11+,12+/m0/s1. The van der Waals surface area contributed by atoms with Crippen molar-refractivity contribution in [2.24, 2.45) is 0 Å². The summed E-state index contributed by atoms with van der Waals surface area (Å²) < 4.78 is 0. The maximum Gasteiger partial charge on any atom is 0.111 e. The first-order chi connectivity index (χ1) is 11.2. The Morgan fingerprint density at radius 3 is 0.958 bits per heavy atom. The van der Waals surface area contributed by atoms with Gasteiger partial charge in [-0.15, -0.1) is 0 Å². The lowest BCUT2D eigenvalue weighted by molar-refractivity contribution is -0.109. The molecule has 0 aliphatic rings. The molecule has 146 valence electrons. The van der Waals surface area contributed by atoms with Gasteiger partial charge in [0, 0.05) is 11.5 Å². The summed E-state index contributed by atoms with van der Waals surface area (Å²) in [6.45, 7) is -1.56. The third-order valence-electron chi connectivity index (χ3n) is 3.21. The third kappa shape index (κ3) is 8.12. The molecule has 12 heteroatoms. The summed E-state index contributed by atoms with van der Waals surface area (Å²) in [6, 6.07) is 0. The van der Waals surface area contributed by atoms with Gasteiger partial charge in [-0.2, -0.15) is 0 Å². The molecule has 0 fully saturated rings. The van der Waals surface area contributed by atoms with Gasteiger partial charge < -0.3 is 51.1 Å². The molecule has 24 heavy (non-hydrogen) atoms. The van der Waals surface area contributed by atoms with Crippen LogP contribution in [0.3, 0.4) is 0 Å². The Labute approximate surface area is 146 Å². The number of aliphatic hydroxyl groups excluding tert-OH is 10. The van der Waals surface area contributed by atoms with Crippen LogP contribution in [0.25, 0.3) is 0 Å². The summed E-state index contributed by atoms with van der Waals surface area (Å²) in [5.41, 5.74) is 0. The molecule has 0 rings (SSSR count). The highest BCUT2D eigenvalue weighted by Crippen LogP contribution is 2.25. The maximum atomic E-state index is 9.65. The van der Waals surface area contributed by atoms with Crippen molar-refractivity contribution in [1.82, 2.24) is 0 Å². The lowest BCUT2D eigenvalue weighted by atomic mass is 10.0. The minimum absolute atomic E-state index is 0.0916. The summed E-state index contributed by atoms with van der Waals surface area (Å²) in [4.78, 5) is 0. The van der Waals surface area contributed by atoms with Crippen LogP contribution in [-0.2, 0) is 0 Å². The first-order valence-electron chi connectivity index (χ1n) is 7.08. The minimum atomic E-state index is -1.72. The summed E-state index contributed by atoms with van der Waals surface area (Å²) in [5.74, 6) is -0.183. The van der Waals surface area contributed by atoms with Gasteiger partial charge in [0.2, 0.25) is 0 Å². The minimum Gasteiger partial charge on any atom is -0.394 e. The van der Waals surface area contributed by atoms with E-state index in [1.165, 1.54) is 0 Å². The van der Waals surface area contributed by atoms with Crippen LogP contribution in [0.1, 0.15) is 0 Å². The van der Waals surface area contributed by atoms with Crippen molar-refractivity contribution in [3.8, 4) is 0 Å². The van der Waals surface area contributed by atoms with Crippen molar-refractivity contribution in [3.05, 3.63) is 0 Å². The Hall–Kier alpha value is 0.300. The van der Waals surface area contributed by atoms with Crippen LogP contribution in [0.2, 0.25) is 0 Å². The van der Waals surface area contributed by atoms with Crippen LogP contribution in [-0.4, -0.2) is 125 Å². The molecule has 0 unspecified atom stereocenters. The number of rotatable bonds is 13. The summed E-state index contributed by atoms with van der Waals surface area (Å²) in [6.07, 6.45) is -12.8. The second-order valence-electron chi connectivity index (χ2n) is 5.17. The average Bonchev–Trinajstić information content (AvgIpc) is 2.60. The lowest BCUT2D eigenvalue weighted by Crippen LogP contribution is -2.47. The van der Waals surface area contributed by atoms with E-state index in [0.717, 1.165) is 21.6 Å². The SMILES string of the molecule is OC[C@H](O)[C@@H](O)[C@H](O)[C@H](O)CSSC[C@@H](O)[C@@H](O)[C@H](O)[C@@H](O)CO. The Balaban J connectivity index is 4.11. The van der Waals surface area contributed by atoms with Crippen LogP contribution in [0.15, 0.2) is 0 Å². The lowest BCUT2D eigenvalue weighted by Gasteiger charge is -2.26. The van der Waals surface area contributed by atoms with Crippen LogP contribution >= 0.6 is 21.6 Å². The average molecular weight is 394 g/mol. The molecule has 0 aromatic rings. The fourth-order valence-electron chi connectivity index (χ4n) is 1.56. The van der Waals surface area contributed by atoms with E-state index >= 15 is 0 Å². The zero-order valence-corrected chi connectivity index (χ0v) is 14.4. The zero-order valence-electron chi connectivity index (χ0n) is 12.7. The van der Waals surface area contributed by atoms with E-state index in [9.17, 15) is 30.6 Å². The largest absolute Gasteiger partial charge is 0.394 e. The highest BCUT2D eigenvalue weighted by atomic mass is 33.1. The van der Waals surface area contributed by atoms with E-state index in [4.69, 9.17) is 20.4 Å². The molecule has 0 bridgehead atoms. The molecule has 8 atom stereocenters. The van der Waals surface area contributed by atoms with Crippen molar-refractivity contribution in [2.45, 2.75) is 48.8 Å². The second kappa shape index (κ2) is 12.6. The molecule has 0 aliphatic heterocycles. The highest BCUT2D eigenvalue weighted by Gasteiger charge is 2.31. The molecule has 0 aromatic heterocycles. The fraction of sp³-hybridized carbons (Fsp3) is 1.00. The number of hydrogen-bond acceptors (Lipinski definition) is 12. The molecule has 0 aromatic carbocycles. The van der Waals surface area contributed by atoms with Crippen molar-refractivity contribution >= 4 is 21.6 Å². The molecular formula is C12H26O10S2. The van der Waals surface area contributed by atoms with Crippen LogP contribution in [0.4, 0.5) is 0 Å². The van der Waals surface area contributed by atoms with Gasteiger partial charge in [-0.1, -0.05) is 21.6 Å². The predicted molar refractivity (Wildman–Crippen MR) is 87.1 cm³/mol. The Bertz CT molecular complexity index is 296. The summed E-state index contributed by atoms with van der Waals surface area (Å²) >= 11 is 0. The van der Waals surface area contributed by atoms with Gasteiger partial charge in [0.05, 0.1) is 25.4 Å². The molecule has 0 spiro atoms. The van der Waals surface area contributed by atoms with Crippen LogP contribution in [0.5, 0.6) is 0 Å². The Morgan fingerprint density at radius 1 is 0.458 bits per heavy atom. The van der Waals surface area contributed by atoms with Gasteiger partial charge >= 0.3 is 0 Å². The molecule has 0 saturated heterocycles. The van der Waals surface area contributed by atoms with Crippen molar-refractivity contribution in [3.63, 3.8) is 0 Å². The van der Waals surface area contributed by atoms with E-state index in [1.807, 2.05) is 0 Å². The van der Waals surface area contributed by atoms with E-state index in [1.54, 1.807) is 0 Å². The topological polar surface area (TPSA) is 202 Å². The first kappa shape index (κ1) is 24.3. The molecule has 0 saturated carbocycles. The van der Waals surface area contributed by atoms with Crippen LogP contribution < -0.4 is 0 Å². The van der Waals surface area contributed by atoms with E-state index < -0.39 is 62.0 Å². The Morgan fingerprint density at radius 2 is 0.708 bits per heavy atom. The first-order valence-corrected chi connectivity index (χ1v) is 9.56. The molecule has 0 amide bonds. The quantitative estimate of drug-likeness (QED) is 0.106. The van der Waals surface area contributed by atoms with E-state index in [0.29, 0.717) is 0 Å². The molecule has 0 radical (unpaired) electrons. The second-order valence-corrected chi connectivity index (χ2v) is 7.72. The van der Waals surface area contributed by atoms with Gasteiger partial charge in [-0.25, -0.2) is 0 Å². The summed E-state index contributed by atoms with van der Waals surface area (Å²) in [7, 11) is 1.97. The normalized spacial score (nSPS) is 22.2. The van der Waals surface area contributed by atoms with Crippen molar-refractivity contribution in [2.75, 3.05) is 24.7 Å². The third-order valence-corrected chi connectivity index (χ3v) is 5.65. The van der Waals surface area contributed by atoms with Crippen molar-refractivity contribution in [1.29, 1.82) is 0 Å². The van der Waals surface area contributed by atoms with E-state index in [-0.39, 0.29) is 11.5 Å². The van der Waals surface area contributed by atoms with Gasteiger partial charge in [0.25, 0.3) is 0 Å². The zero-order chi connectivity index (χ0) is 18.9. The molecule has 0 heterocycles.